The van der Waals surface area contributed by atoms with Crippen molar-refractivity contribution in [2.45, 2.75) is 264 Å². The van der Waals surface area contributed by atoms with Crippen LogP contribution in [0.3, 0.4) is 0 Å². The van der Waals surface area contributed by atoms with Crippen LogP contribution in [0.2, 0.25) is 0 Å². The molecule has 3 nitrogen and oxygen atoms in total. The first-order valence-corrected chi connectivity index (χ1v) is 39.3. The Hall–Kier alpha value is -7.62. The van der Waals surface area contributed by atoms with Crippen molar-refractivity contribution in [1.82, 2.24) is 0 Å². The second kappa shape index (κ2) is 27.5. The van der Waals surface area contributed by atoms with Gasteiger partial charge in [0, 0.05) is 65.8 Å². The quantitative estimate of drug-likeness (QED) is 0.0406. The van der Waals surface area contributed by atoms with Crippen LogP contribution in [0.25, 0.3) is 88.4 Å². The lowest BCUT2D eigenvalue weighted by molar-refractivity contribution is 0.394. The zero-order chi connectivity index (χ0) is 67.3. The molecule has 98 heavy (non-hydrogen) atoms. The van der Waals surface area contributed by atoms with Crippen LogP contribution < -0.4 is 4.90 Å². The minimum absolute atomic E-state index is 0.0929. The van der Waals surface area contributed by atoms with Gasteiger partial charge in [-0.3, -0.25) is 0 Å². The Labute approximate surface area is 587 Å². The van der Waals surface area contributed by atoms with Gasteiger partial charge < -0.3 is 13.7 Å². The summed E-state index contributed by atoms with van der Waals surface area (Å²) in [5.74, 6) is 0. The van der Waals surface area contributed by atoms with E-state index in [1.165, 1.54) is 278 Å². The molecule has 0 saturated heterocycles. The van der Waals surface area contributed by atoms with E-state index in [4.69, 9.17) is 8.83 Å². The Bertz CT molecular complexity index is 4710. The van der Waals surface area contributed by atoms with Gasteiger partial charge in [0.15, 0.2) is 0 Å². The molecule has 9 aromatic carbocycles. The third kappa shape index (κ3) is 11.0. The highest BCUT2D eigenvalue weighted by Crippen LogP contribution is 2.66. The fourth-order valence-electron chi connectivity index (χ4n) is 20.0. The summed E-state index contributed by atoms with van der Waals surface area (Å²) in [7, 11) is 0. The van der Waals surface area contributed by atoms with Gasteiger partial charge in [-0.2, -0.15) is 0 Å². The Morgan fingerprint density at radius 3 is 1.38 bits per heavy atom. The van der Waals surface area contributed by atoms with Gasteiger partial charge in [0.05, 0.1) is 0 Å². The summed E-state index contributed by atoms with van der Waals surface area (Å²) in [6.45, 7) is 21.7. The Kier molecular flexibility index (Phi) is 18.6. The summed E-state index contributed by atoms with van der Waals surface area (Å²) in [4.78, 5) is 2.65. The van der Waals surface area contributed by atoms with Gasteiger partial charge in [0.1, 0.15) is 22.3 Å². The number of hydrogen-bond donors (Lipinski definition) is 0. The fourth-order valence-corrected chi connectivity index (χ4v) is 20.0. The summed E-state index contributed by atoms with van der Waals surface area (Å²) < 4.78 is 14.1. The van der Waals surface area contributed by atoms with Gasteiger partial charge in [-0.25, -0.2) is 0 Å². The van der Waals surface area contributed by atoms with E-state index in [9.17, 15) is 0 Å². The fraction of sp³-hybridized carbons (Fsp3) is 0.432. The molecule has 2 aromatic heterocycles. The van der Waals surface area contributed by atoms with E-state index in [2.05, 4.69) is 225 Å². The summed E-state index contributed by atoms with van der Waals surface area (Å²) in [5, 5.41) is 5.04. The number of fused-ring (bicyclic) bond motifs is 22. The van der Waals surface area contributed by atoms with E-state index in [0.717, 1.165) is 35.2 Å². The first kappa shape index (κ1) is 66.3. The molecule has 15 rings (SSSR count). The number of anilines is 3. The molecule has 506 valence electrons. The molecule has 0 radical (unpaired) electrons. The molecule has 0 spiro atoms. The minimum Gasteiger partial charge on any atom is -0.456 e. The first-order valence-electron chi connectivity index (χ1n) is 39.3. The second-order valence-corrected chi connectivity index (χ2v) is 31.8. The number of hydrogen-bond acceptors (Lipinski definition) is 3. The van der Waals surface area contributed by atoms with Crippen molar-refractivity contribution in [3.05, 3.63) is 208 Å². The van der Waals surface area contributed by atoms with E-state index in [-0.39, 0.29) is 21.7 Å². The molecule has 0 fully saturated rings. The van der Waals surface area contributed by atoms with Crippen LogP contribution in [-0.4, -0.2) is 0 Å². The molecule has 2 heterocycles. The molecule has 0 atom stereocenters. The van der Waals surface area contributed by atoms with Crippen molar-refractivity contribution in [3.8, 4) is 44.5 Å². The summed E-state index contributed by atoms with van der Waals surface area (Å²) in [6.07, 6.45) is 35.7. The average Bonchev–Trinajstić information content (AvgIpc) is 1.51. The highest BCUT2D eigenvalue weighted by atomic mass is 16.3. The topological polar surface area (TPSA) is 29.5 Å². The van der Waals surface area contributed by atoms with Crippen LogP contribution in [0.1, 0.15) is 285 Å². The largest absolute Gasteiger partial charge is 0.456 e. The second-order valence-electron chi connectivity index (χ2n) is 31.8. The Morgan fingerprint density at radius 2 is 0.765 bits per heavy atom. The van der Waals surface area contributed by atoms with Crippen molar-refractivity contribution in [3.63, 3.8) is 0 Å². The molecule has 0 unspecified atom stereocenters. The van der Waals surface area contributed by atoms with Crippen LogP contribution >= 0.6 is 0 Å². The lowest BCUT2D eigenvalue weighted by atomic mass is 9.68. The predicted molar refractivity (Wildman–Crippen MR) is 420 cm³/mol. The van der Waals surface area contributed by atoms with Crippen LogP contribution in [0.5, 0.6) is 0 Å². The molecular formula is C95H109NO2. The van der Waals surface area contributed by atoms with Crippen molar-refractivity contribution >= 4 is 60.9 Å². The van der Waals surface area contributed by atoms with Crippen LogP contribution in [0.4, 0.5) is 17.1 Å². The standard InChI is InChI=1S/C95H109NO2/c1-10-14-18-22-26-38-56-94(57-39-27-23-19-15-11-2)75-54-55-83-85(70-44-32-36-48-81(70)97-83)84(75)73-63-78-72(62-79(73)94)67-52-50-66(61-77(67)95(78,58-40-28-24-20-16-12-3)59-41-29-25-21-17-13-4)96(80-47-35-30-42-64(80)5)65-51-53-69-76(60-65)93(8,9)90-88(69)91-87(71-45-33-37-49-82(71)98-91)86-68-43-31-34-46-74(68)92(6,7)89(86)90/h30-37,42-55,60-63H,10-29,38-41,56-59H2,1-9H3. The summed E-state index contributed by atoms with van der Waals surface area (Å²) in [5.41, 5.74) is 31.3. The number of nitrogens with zero attached hydrogens (tertiary/aromatic N) is 1. The van der Waals surface area contributed by atoms with E-state index in [1.54, 1.807) is 22.3 Å². The smallest absolute Gasteiger partial charge is 0.144 e. The third-order valence-electron chi connectivity index (χ3n) is 24.9. The molecule has 0 N–H and O–H groups in total. The number of para-hydroxylation sites is 3. The molecule has 0 saturated carbocycles. The maximum atomic E-state index is 7.22. The van der Waals surface area contributed by atoms with Gasteiger partial charge >= 0.3 is 0 Å². The number of unbranched alkanes of at least 4 members (excludes halogenated alkanes) is 20. The highest BCUT2D eigenvalue weighted by molar-refractivity contribution is 6.21. The maximum absolute atomic E-state index is 7.22. The first-order chi connectivity index (χ1) is 47.9. The van der Waals surface area contributed by atoms with Gasteiger partial charge in [0.2, 0.25) is 0 Å². The molecule has 4 aliphatic carbocycles. The lowest BCUT2D eigenvalue weighted by Crippen LogP contribution is -2.27. The maximum Gasteiger partial charge on any atom is 0.144 e. The lowest BCUT2D eigenvalue weighted by Gasteiger charge is -2.35. The zero-order valence-corrected chi connectivity index (χ0v) is 61.1. The third-order valence-corrected chi connectivity index (χ3v) is 24.9. The molecule has 0 aliphatic heterocycles. The van der Waals surface area contributed by atoms with Gasteiger partial charge in [-0.05, 0) is 182 Å². The van der Waals surface area contributed by atoms with E-state index in [1.807, 2.05) is 0 Å². The van der Waals surface area contributed by atoms with E-state index in [0.29, 0.717) is 0 Å². The number of aryl methyl sites for hydroxylation is 1. The monoisotopic (exact) mass is 1300 g/mol. The predicted octanol–water partition coefficient (Wildman–Crippen LogP) is 29.4. The SMILES string of the molecule is CCCCCCCCC1(CCCCCCCC)c2cc(N(c3ccc4c(c3)C(C)(C)c3c5c(c6c(oc7ccccc76)c3-4)-c3ccccc3C5(C)C)c3ccccc3C)ccc2-c2cc3c(cc21)-c1c(ccc2oc4ccccc4c12)C3(CCCCCCCC)CCCCCCCC. The van der Waals surface area contributed by atoms with Gasteiger partial charge in [0.25, 0.3) is 0 Å². The number of benzene rings is 9. The molecule has 3 heteroatoms. The van der Waals surface area contributed by atoms with E-state index >= 15 is 0 Å². The number of rotatable bonds is 31. The number of furan rings is 2. The molecule has 11 aromatic rings. The normalized spacial score (nSPS) is 15.2. The molecule has 0 amide bonds. The minimum atomic E-state index is -0.343. The van der Waals surface area contributed by atoms with E-state index < -0.39 is 0 Å². The van der Waals surface area contributed by atoms with Crippen LogP contribution in [0.15, 0.2) is 167 Å². The average molecular weight is 1300 g/mol. The van der Waals surface area contributed by atoms with Gasteiger partial charge in [-0.15, -0.1) is 0 Å². The summed E-state index contributed by atoms with van der Waals surface area (Å²) >= 11 is 0. The highest BCUT2D eigenvalue weighted by Gasteiger charge is 2.51. The summed E-state index contributed by atoms with van der Waals surface area (Å²) in [6, 6.07) is 62.2. The molecule has 4 aliphatic rings. The van der Waals surface area contributed by atoms with Crippen molar-refractivity contribution < 1.29 is 8.83 Å². The van der Waals surface area contributed by atoms with Crippen molar-refractivity contribution in [2.75, 3.05) is 4.90 Å². The Balaban J connectivity index is 0.934. The molecule has 0 bridgehead atoms. The van der Waals surface area contributed by atoms with Crippen molar-refractivity contribution in [2.24, 2.45) is 0 Å². The van der Waals surface area contributed by atoms with Crippen LogP contribution in [0, 0.1) is 6.92 Å². The van der Waals surface area contributed by atoms with Crippen molar-refractivity contribution in [1.29, 1.82) is 0 Å². The molecular weight excluding hydrogens is 1190 g/mol. The van der Waals surface area contributed by atoms with Gasteiger partial charge in [-0.1, -0.05) is 307 Å². The van der Waals surface area contributed by atoms with Crippen LogP contribution in [-0.2, 0) is 21.7 Å². The zero-order valence-electron chi connectivity index (χ0n) is 61.1. The Morgan fingerprint density at radius 1 is 0.316 bits per heavy atom.